The van der Waals surface area contributed by atoms with Gasteiger partial charge in [0.2, 0.25) is 0 Å². The van der Waals surface area contributed by atoms with Crippen molar-refractivity contribution in [1.82, 2.24) is 4.90 Å². The van der Waals surface area contributed by atoms with Gasteiger partial charge in [0.1, 0.15) is 0 Å². The number of amides is 1. The van der Waals surface area contributed by atoms with Crippen LogP contribution in [0.5, 0.6) is 0 Å². The van der Waals surface area contributed by atoms with Gasteiger partial charge >= 0.3 is 0 Å². The number of halogens is 1. The highest BCUT2D eigenvalue weighted by molar-refractivity contribution is 9.10. The van der Waals surface area contributed by atoms with Crippen LogP contribution in [0.15, 0.2) is 21.2 Å². The molecule has 1 aliphatic rings. The number of hydrogen-bond acceptors (Lipinski definition) is 3. The molecule has 0 bridgehead atoms. The number of carbonyl (C=O) groups is 1. The third kappa shape index (κ3) is 2.01. The summed E-state index contributed by atoms with van der Waals surface area (Å²) < 4.78 is 5.77. The van der Waals surface area contributed by atoms with Crippen LogP contribution in [-0.2, 0) is 0 Å². The van der Waals surface area contributed by atoms with E-state index >= 15 is 0 Å². The van der Waals surface area contributed by atoms with Crippen molar-refractivity contribution in [1.29, 1.82) is 0 Å². The summed E-state index contributed by atoms with van der Waals surface area (Å²) in [5.41, 5.74) is 0. The average Bonchev–Trinajstić information content (AvgIpc) is 2.83. The number of rotatable bonds is 2. The summed E-state index contributed by atoms with van der Waals surface area (Å²) >= 11 is 3.17. The van der Waals surface area contributed by atoms with Crippen LogP contribution in [0.1, 0.15) is 23.9 Å². The number of hydrogen-bond donors (Lipinski definition) is 1. The molecule has 16 heavy (non-hydrogen) atoms. The quantitative estimate of drug-likeness (QED) is 0.904. The van der Waals surface area contributed by atoms with Gasteiger partial charge in [-0.2, -0.15) is 0 Å². The molecule has 0 spiro atoms. The number of nitrogens with zero attached hydrogens (tertiary/aromatic N) is 1. The van der Waals surface area contributed by atoms with Crippen LogP contribution in [-0.4, -0.2) is 35.1 Å². The minimum atomic E-state index is -0.144. The van der Waals surface area contributed by atoms with Crippen molar-refractivity contribution < 1.29 is 14.3 Å². The predicted molar refractivity (Wildman–Crippen MR) is 62.1 cm³/mol. The molecule has 1 amide bonds. The third-order valence-corrected chi connectivity index (χ3v) is 3.54. The van der Waals surface area contributed by atoms with Gasteiger partial charge in [-0.05, 0) is 40.4 Å². The number of carbonyl (C=O) groups excluding carboxylic acids is 1. The minimum absolute atomic E-state index is 0.00872. The molecule has 2 heterocycles. The van der Waals surface area contributed by atoms with E-state index in [1.165, 1.54) is 0 Å². The van der Waals surface area contributed by atoms with Crippen molar-refractivity contribution in [2.45, 2.75) is 19.4 Å². The summed E-state index contributed by atoms with van der Waals surface area (Å²) in [4.78, 5) is 13.8. The van der Waals surface area contributed by atoms with Crippen molar-refractivity contribution in [2.75, 3.05) is 13.2 Å². The molecule has 2 unspecified atom stereocenters. The zero-order chi connectivity index (χ0) is 11.7. The minimum Gasteiger partial charge on any atom is -0.444 e. The molecule has 2 atom stereocenters. The van der Waals surface area contributed by atoms with Crippen molar-refractivity contribution >= 4 is 21.8 Å². The van der Waals surface area contributed by atoms with Gasteiger partial charge in [-0.15, -0.1) is 0 Å². The fraction of sp³-hybridized carbons (Fsp3) is 0.545. The van der Waals surface area contributed by atoms with Crippen LogP contribution >= 0.6 is 15.9 Å². The van der Waals surface area contributed by atoms with Crippen LogP contribution in [0.25, 0.3) is 0 Å². The zero-order valence-corrected chi connectivity index (χ0v) is 10.6. The highest BCUT2D eigenvalue weighted by Gasteiger charge is 2.35. The van der Waals surface area contributed by atoms with Crippen LogP contribution in [0.2, 0.25) is 0 Å². The number of aliphatic hydroxyl groups is 1. The first-order valence-electron chi connectivity index (χ1n) is 5.30. The molecular formula is C11H14BrNO3. The first-order chi connectivity index (χ1) is 7.63. The fourth-order valence-electron chi connectivity index (χ4n) is 2.11. The Morgan fingerprint density at radius 1 is 1.69 bits per heavy atom. The molecule has 1 aliphatic heterocycles. The summed E-state index contributed by atoms with van der Waals surface area (Å²) in [5.74, 6) is 0.515. The van der Waals surface area contributed by atoms with E-state index in [0.29, 0.717) is 22.9 Å². The molecule has 0 saturated carbocycles. The van der Waals surface area contributed by atoms with E-state index in [9.17, 15) is 9.90 Å². The summed E-state index contributed by atoms with van der Waals surface area (Å²) in [6, 6.07) is 3.25. The smallest absolute Gasteiger partial charge is 0.289 e. The number of furan rings is 1. The van der Waals surface area contributed by atoms with Crippen LogP contribution in [0, 0.1) is 5.92 Å². The topological polar surface area (TPSA) is 53.7 Å². The molecular weight excluding hydrogens is 274 g/mol. The molecule has 1 N–H and O–H groups in total. The summed E-state index contributed by atoms with van der Waals surface area (Å²) in [6.45, 7) is 2.74. The molecule has 2 rings (SSSR count). The van der Waals surface area contributed by atoms with Crippen molar-refractivity contribution in [3.63, 3.8) is 0 Å². The van der Waals surface area contributed by atoms with Crippen molar-refractivity contribution in [3.8, 4) is 0 Å². The molecule has 1 aromatic heterocycles. The highest BCUT2D eigenvalue weighted by atomic mass is 79.9. The third-order valence-electron chi connectivity index (χ3n) is 3.11. The largest absolute Gasteiger partial charge is 0.444 e. The molecule has 0 radical (unpaired) electrons. The van der Waals surface area contributed by atoms with Gasteiger partial charge < -0.3 is 14.4 Å². The zero-order valence-electron chi connectivity index (χ0n) is 9.02. The molecule has 5 heteroatoms. The SMILES string of the molecule is CC1CCN(C(=O)c2ccc(Br)o2)C1CO. The molecule has 4 nitrogen and oxygen atoms in total. The van der Waals surface area contributed by atoms with Crippen LogP contribution in [0.4, 0.5) is 0 Å². The Hall–Kier alpha value is -0.810. The van der Waals surface area contributed by atoms with E-state index in [1.54, 1.807) is 17.0 Å². The summed E-state index contributed by atoms with van der Waals surface area (Å²) in [5, 5.41) is 9.27. The van der Waals surface area contributed by atoms with Gasteiger partial charge in [-0.3, -0.25) is 4.79 Å². The molecule has 0 aromatic carbocycles. The van der Waals surface area contributed by atoms with Crippen molar-refractivity contribution in [2.24, 2.45) is 5.92 Å². The second kappa shape index (κ2) is 4.59. The molecule has 1 saturated heterocycles. The van der Waals surface area contributed by atoms with E-state index in [-0.39, 0.29) is 18.6 Å². The van der Waals surface area contributed by atoms with Crippen LogP contribution in [0.3, 0.4) is 0 Å². The second-order valence-electron chi connectivity index (χ2n) is 4.12. The highest BCUT2D eigenvalue weighted by Crippen LogP contribution is 2.26. The maximum Gasteiger partial charge on any atom is 0.289 e. The monoisotopic (exact) mass is 287 g/mol. The van der Waals surface area contributed by atoms with Crippen molar-refractivity contribution in [3.05, 3.63) is 22.6 Å². The Bertz CT molecular complexity index is 390. The van der Waals surface area contributed by atoms with Gasteiger partial charge in [-0.1, -0.05) is 6.92 Å². The number of likely N-dealkylation sites (tertiary alicyclic amines) is 1. The predicted octanol–water partition coefficient (Wildman–Crippen LogP) is 1.89. The Morgan fingerprint density at radius 3 is 3.00 bits per heavy atom. The standard InChI is InChI=1S/C11H14BrNO3/c1-7-4-5-13(8(7)6-14)11(15)9-2-3-10(12)16-9/h2-3,7-8,14H,4-6H2,1H3. The lowest BCUT2D eigenvalue weighted by Crippen LogP contribution is -2.39. The van der Waals surface area contributed by atoms with Gasteiger partial charge in [-0.25, -0.2) is 0 Å². The van der Waals surface area contributed by atoms with E-state index in [2.05, 4.69) is 15.9 Å². The Morgan fingerprint density at radius 2 is 2.44 bits per heavy atom. The molecule has 88 valence electrons. The van der Waals surface area contributed by atoms with E-state index in [0.717, 1.165) is 6.42 Å². The second-order valence-corrected chi connectivity index (χ2v) is 4.90. The molecule has 1 aromatic rings. The van der Waals surface area contributed by atoms with Gasteiger partial charge in [0, 0.05) is 6.54 Å². The Balaban J connectivity index is 2.16. The van der Waals surface area contributed by atoms with E-state index in [1.807, 2.05) is 6.92 Å². The summed E-state index contributed by atoms with van der Waals surface area (Å²) in [7, 11) is 0. The number of aliphatic hydroxyl groups excluding tert-OH is 1. The Kier molecular flexibility index (Phi) is 3.35. The first kappa shape index (κ1) is 11.7. The average molecular weight is 288 g/mol. The van der Waals surface area contributed by atoms with Gasteiger partial charge in [0.15, 0.2) is 10.4 Å². The normalized spacial score (nSPS) is 25.1. The van der Waals surface area contributed by atoms with E-state index < -0.39 is 0 Å². The van der Waals surface area contributed by atoms with E-state index in [4.69, 9.17) is 4.42 Å². The fourth-order valence-corrected chi connectivity index (χ4v) is 2.42. The van der Waals surface area contributed by atoms with Gasteiger partial charge in [0.25, 0.3) is 5.91 Å². The Labute approximate surface area is 102 Å². The molecule has 1 fully saturated rings. The molecule has 0 aliphatic carbocycles. The summed E-state index contributed by atoms with van der Waals surface area (Å²) in [6.07, 6.45) is 0.929. The lowest BCUT2D eigenvalue weighted by Gasteiger charge is -2.24. The van der Waals surface area contributed by atoms with Gasteiger partial charge in [0.05, 0.1) is 12.6 Å². The lowest BCUT2D eigenvalue weighted by atomic mass is 10.0. The first-order valence-corrected chi connectivity index (χ1v) is 6.10. The maximum absolute atomic E-state index is 12.1. The lowest BCUT2D eigenvalue weighted by molar-refractivity contribution is 0.0616. The maximum atomic E-state index is 12.1. The van der Waals surface area contributed by atoms with Crippen LogP contribution < -0.4 is 0 Å².